The molecule has 1 unspecified atom stereocenters. The van der Waals surface area contributed by atoms with Crippen LogP contribution >= 0.6 is 0 Å². The average Bonchev–Trinajstić information content (AvgIpc) is 3.13. The van der Waals surface area contributed by atoms with E-state index in [-0.39, 0.29) is 11.7 Å². The molecule has 0 saturated carbocycles. The number of nitrogens with zero attached hydrogens (tertiary/aromatic N) is 5. The monoisotopic (exact) mass is 348 g/mol. The number of anilines is 1. The molecule has 0 bridgehead atoms. The molecule has 0 amide bonds. The average molecular weight is 348 g/mol. The zero-order valence-corrected chi connectivity index (χ0v) is 14.4. The molecule has 26 heavy (non-hydrogen) atoms. The number of rotatable bonds is 3. The second-order valence-corrected chi connectivity index (χ2v) is 6.64. The molecule has 2 aromatic heterocycles. The Kier molecular flexibility index (Phi) is 4.19. The highest BCUT2D eigenvalue weighted by Gasteiger charge is 2.22. The van der Waals surface area contributed by atoms with Crippen LogP contribution in [0.4, 0.5) is 5.82 Å². The van der Waals surface area contributed by atoms with Crippen LogP contribution in [0.1, 0.15) is 24.0 Å². The molecule has 1 aliphatic heterocycles. The zero-order chi connectivity index (χ0) is 18.1. The van der Waals surface area contributed by atoms with Crippen LogP contribution in [-0.4, -0.2) is 33.1 Å². The largest absolute Gasteiger partial charge is 0.356 e. The van der Waals surface area contributed by atoms with Crippen molar-refractivity contribution in [2.75, 3.05) is 18.0 Å². The third-order valence-electron chi connectivity index (χ3n) is 4.89. The summed E-state index contributed by atoms with van der Waals surface area (Å²) in [6, 6.07) is 11.6. The van der Waals surface area contributed by atoms with Gasteiger partial charge in [-0.05, 0) is 24.5 Å². The van der Waals surface area contributed by atoms with Crippen molar-refractivity contribution in [3.05, 3.63) is 64.3 Å². The molecule has 0 spiro atoms. The molecule has 0 aliphatic carbocycles. The summed E-state index contributed by atoms with van der Waals surface area (Å²) in [6.07, 6.45) is 5.26. The van der Waals surface area contributed by atoms with E-state index in [2.05, 4.69) is 16.0 Å². The number of hydrogen-bond acceptors (Lipinski definition) is 5. The van der Waals surface area contributed by atoms with Crippen LogP contribution in [0.25, 0.3) is 5.65 Å². The third kappa shape index (κ3) is 2.85. The van der Waals surface area contributed by atoms with E-state index in [1.165, 1.54) is 4.40 Å². The predicted molar refractivity (Wildman–Crippen MR) is 99.1 cm³/mol. The van der Waals surface area contributed by atoms with Gasteiger partial charge in [-0.25, -0.2) is 9.78 Å². The van der Waals surface area contributed by atoms with Crippen LogP contribution in [0.15, 0.2) is 47.5 Å². The zero-order valence-electron chi connectivity index (χ0n) is 14.4. The Hall–Kier alpha value is -3.11. The minimum Gasteiger partial charge on any atom is -0.356 e. The third-order valence-corrected chi connectivity index (χ3v) is 4.89. The first-order chi connectivity index (χ1) is 12.7. The minimum absolute atomic E-state index is 0.0923. The molecule has 2 N–H and O–H groups in total. The normalized spacial score (nSPS) is 17.4. The molecule has 4 rings (SSSR count). The van der Waals surface area contributed by atoms with Gasteiger partial charge in [0, 0.05) is 37.6 Å². The van der Waals surface area contributed by atoms with E-state index >= 15 is 0 Å². The summed E-state index contributed by atoms with van der Waals surface area (Å²) in [5.74, 6) is 0.802. The number of imidazole rings is 1. The molecule has 3 heterocycles. The lowest BCUT2D eigenvalue weighted by atomic mass is 10.1. The van der Waals surface area contributed by atoms with Gasteiger partial charge in [0.15, 0.2) is 0 Å². The standard InChI is InChI=1S/C19H20N6O/c20-11-14-4-1-2-5-15(14)12-25-18(23-8-3-6-16(21)13-23)10-17-22-7-9-24(17)19(25)26/h1-2,4-5,7,9-10,16H,3,6,8,12-13,21H2. The van der Waals surface area contributed by atoms with Gasteiger partial charge in [0.25, 0.3) is 0 Å². The van der Waals surface area contributed by atoms with Gasteiger partial charge in [-0.1, -0.05) is 18.2 Å². The highest BCUT2D eigenvalue weighted by molar-refractivity contribution is 5.53. The second kappa shape index (κ2) is 6.65. The quantitative estimate of drug-likeness (QED) is 0.771. The van der Waals surface area contributed by atoms with Gasteiger partial charge in [0.1, 0.15) is 11.5 Å². The summed E-state index contributed by atoms with van der Waals surface area (Å²) < 4.78 is 3.24. The number of fused-ring (bicyclic) bond motifs is 1. The molecule has 7 heteroatoms. The minimum atomic E-state index is -0.165. The summed E-state index contributed by atoms with van der Waals surface area (Å²) in [6.45, 7) is 1.89. The maximum Gasteiger partial charge on any atom is 0.335 e. The summed E-state index contributed by atoms with van der Waals surface area (Å²) >= 11 is 0. The van der Waals surface area contributed by atoms with Crippen LogP contribution in [-0.2, 0) is 6.54 Å². The molecule has 1 aliphatic rings. The first-order valence-electron chi connectivity index (χ1n) is 8.73. The summed E-state index contributed by atoms with van der Waals surface area (Å²) in [5, 5.41) is 9.38. The first-order valence-corrected chi connectivity index (χ1v) is 8.73. The van der Waals surface area contributed by atoms with Gasteiger partial charge in [0.2, 0.25) is 0 Å². The molecular weight excluding hydrogens is 328 g/mol. The lowest BCUT2D eigenvalue weighted by Gasteiger charge is -2.34. The number of hydrogen-bond donors (Lipinski definition) is 1. The van der Waals surface area contributed by atoms with Crippen LogP contribution in [0.5, 0.6) is 0 Å². The molecule has 1 saturated heterocycles. The lowest BCUT2D eigenvalue weighted by Crippen LogP contribution is -2.45. The van der Waals surface area contributed by atoms with Crippen molar-refractivity contribution in [2.24, 2.45) is 5.73 Å². The highest BCUT2D eigenvalue weighted by atomic mass is 16.1. The number of aromatic nitrogens is 3. The second-order valence-electron chi connectivity index (χ2n) is 6.64. The number of benzene rings is 1. The molecular formula is C19H20N6O. The molecule has 132 valence electrons. The lowest BCUT2D eigenvalue weighted by molar-refractivity contribution is 0.494. The van der Waals surface area contributed by atoms with Crippen molar-refractivity contribution in [3.8, 4) is 6.07 Å². The van der Waals surface area contributed by atoms with Crippen molar-refractivity contribution < 1.29 is 0 Å². The predicted octanol–water partition coefficient (Wildman–Crippen LogP) is 1.34. The maximum absolute atomic E-state index is 13.1. The van der Waals surface area contributed by atoms with Gasteiger partial charge in [-0.15, -0.1) is 0 Å². The van der Waals surface area contributed by atoms with E-state index in [0.29, 0.717) is 24.3 Å². The summed E-state index contributed by atoms with van der Waals surface area (Å²) in [5.41, 5.74) is 8.00. The number of piperidine rings is 1. The van der Waals surface area contributed by atoms with Crippen LogP contribution in [0.3, 0.4) is 0 Å². The molecule has 1 fully saturated rings. The fourth-order valence-corrected chi connectivity index (χ4v) is 3.57. The van der Waals surface area contributed by atoms with Gasteiger partial charge in [0.05, 0.1) is 18.2 Å². The van der Waals surface area contributed by atoms with Crippen molar-refractivity contribution in [2.45, 2.75) is 25.4 Å². The van der Waals surface area contributed by atoms with Crippen LogP contribution in [0, 0.1) is 11.3 Å². The van der Waals surface area contributed by atoms with E-state index in [9.17, 15) is 10.1 Å². The molecule has 1 atom stereocenters. The Labute approximate surface area is 150 Å². The molecule has 1 aromatic carbocycles. The summed E-state index contributed by atoms with van der Waals surface area (Å²) in [7, 11) is 0. The highest BCUT2D eigenvalue weighted by Crippen LogP contribution is 2.21. The first kappa shape index (κ1) is 16.4. The van der Waals surface area contributed by atoms with E-state index in [4.69, 9.17) is 5.73 Å². The fraction of sp³-hybridized carbons (Fsp3) is 0.316. The van der Waals surface area contributed by atoms with Crippen LogP contribution < -0.4 is 16.3 Å². The van der Waals surface area contributed by atoms with E-state index < -0.39 is 0 Å². The fourth-order valence-electron chi connectivity index (χ4n) is 3.57. The Morgan fingerprint density at radius 1 is 1.35 bits per heavy atom. The Morgan fingerprint density at radius 2 is 2.19 bits per heavy atom. The van der Waals surface area contributed by atoms with E-state index in [1.807, 2.05) is 24.3 Å². The smallest absolute Gasteiger partial charge is 0.335 e. The summed E-state index contributed by atoms with van der Waals surface area (Å²) in [4.78, 5) is 19.5. The van der Waals surface area contributed by atoms with E-state index in [1.54, 1.807) is 23.0 Å². The SMILES string of the molecule is N#Cc1ccccc1Cn1c(N2CCCC(N)C2)cc2nccn2c1=O. The van der Waals surface area contributed by atoms with Gasteiger partial charge in [-0.2, -0.15) is 5.26 Å². The number of nitrogens with two attached hydrogens (primary N) is 1. The van der Waals surface area contributed by atoms with Gasteiger partial charge < -0.3 is 10.6 Å². The van der Waals surface area contributed by atoms with Crippen molar-refractivity contribution in [3.63, 3.8) is 0 Å². The van der Waals surface area contributed by atoms with Crippen molar-refractivity contribution >= 4 is 11.5 Å². The van der Waals surface area contributed by atoms with Gasteiger partial charge in [-0.3, -0.25) is 8.97 Å². The Morgan fingerprint density at radius 3 is 3.00 bits per heavy atom. The molecule has 0 radical (unpaired) electrons. The maximum atomic E-state index is 13.1. The van der Waals surface area contributed by atoms with E-state index in [0.717, 1.165) is 30.8 Å². The van der Waals surface area contributed by atoms with Crippen LogP contribution in [0.2, 0.25) is 0 Å². The van der Waals surface area contributed by atoms with Crippen molar-refractivity contribution in [1.29, 1.82) is 5.26 Å². The molecule has 3 aromatic rings. The molecule has 7 nitrogen and oxygen atoms in total. The topological polar surface area (TPSA) is 92.3 Å². The number of nitriles is 1. The van der Waals surface area contributed by atoms with Gasteiger partial charge >= 0.3 is 5.69 Å². The Bertz CT molecular complexity index is 1040. The Balaban J connectivity index is 1.86. The van der Waals surface area contributed by atoms with Crippen molar-refractivity contribution in [1.82, 2.24) is 14.0 Å².